The molecule has 6 heteroatoms. The number of rotatable bonds is 6. The van der Waals surface area contributed by atoms with E-state index in [0.29, 0.717) is 12.0 Å². The highest BCUT2D eigenvalue weighted by molar-refractivity contribution is 7.90. The summed E-state index contributed by atoms with van der Waals surface area (Å²) in [7, 11) is -3.45. The molecule has 0 fully saturated rings. The maximum Gasteiger partial charge on any atom is 0.216 e. The molecular formula is C12H19FN2O2S. The van der Waals surface area contributed by atoms with Crippen LogP contribution in [-0.4, -0.2) is 20.2 Å². The van der Waals surface area contributed by atoms with E-state index in [2.05, 4.69) is 4.72 Å². The predicted molar refractivity (Wildman–Crippen MR) is 70.0 cm³/mol. The summed E-state index contributed by atoms with van der Waals surface area (Å²) in [6.07, 6.45) is 0.460. The fraction of sp³-hybridized carbons (Fsp3) is 0.500. The molecule has 3 N–H and O–H groups in total. The Labute approximate surface area is 107 Å². The van der Waals surface area contributed by atoms with Crippen LogP contribution in [0.15, 0.2) is 24.3 Å². The minimum absolute atomic E-state index is 0.0853. The van der Waals surface area contributed by atoms with E-state index in [1.807, 2.05) is 0 Å². The van der Waals surface area contributed by atoms with Gasteiger partial charge in [-0.25, -0.2) is 17.5 Å². The zero-order chi connectivity index (χ0) is 13.8. The van der Waals surface area contributed by atoms with Crippen molar-refractivity contribution >= 4 is 10.0 Å². The van der Waals surface area contributed by atoms with Crippen LogP contribution in [0.1, 0.15) is 31.9 Å². The zero-order valence-electron chi connectivity index (χ0n) is 10.6. The summed E-state index contributed by atoms with van der Waals surface area (Å²) in [6.45, 7) is 3.58. The number of sulfonamides is 1. The normalized spacial score (nSPS) is 15.3. The summed E-state index contributed by atoms with van der Waals surface area (Å²) in [5.41, 5.74) is 6.15. The molecule has 2 unspecified atom stereocenters. The van der Waals surface area contributed by atoms with Crippen LogP contribution in [-0.2, 0) is 10.0 Å². The molecule has 4 nitrogen and oxygen atoms in total. The number of nitrogens with one attached hydrogen (secondary N) is 1. The Bertz CT molecular complexity index is 469. The fourth-order valence-corrected chi connectivity index (χ4v) is 3.19. The van der Waals surface area contributed by atoms with E-state index in [9.17, 15) is 12.8 Å². The first-order chi connectivity index (χ1) is 8.40. The van der Waals surface area contributed by atoms with Crippen molar-refractivity contribution in [2.75, 3.05) is 6.54 Å². The van der Waals surface area contributed by atoms with Crippen LogP contribution in [0.5, 0.6) is 0 Å². The third-order valence-electron chi connectivity index (χ3n) is 2.87. The van der Waals surface area contributed by atoms with E-state index < -0.39 is 21.3 Å². The lowest BCUT2D eigenvalue weighted by atomic mass is 10.1. The van der Waals surface area contributed by atoms with Gasteiger partial charge in [0.15, 0.2) is 0 Å². The van der Waals surface area contributed by atoms with Crippen molar-refractivity contribution in [3.8, 4) is 0 Å². The van der Waals surface area contributed by atoms with Crippen molar-refractivity contribution in [1.29, 1.82) is 0 Å². The standard InChI is InChI=1S/C12H19FN2O2S/c1-3-12(8-14)18(16,17)15-9(2)10-4-6-11(13)7-5-10/h4-7,9,12,15H,3,8,14H2,1-2H3. The molecule has 0 heterocycles. The molecule has 0 bridgehead atoms. The van der Waals surface area contributed by atoms with Gasteiger partial charge >= 0.3 is 0 Å². The molecule has 0 radical (unpaired) electrons. The fourth-order valence-electron chi connectivity index (χ4n) is 1.67. The third-order valence-corrected chi connectivity index (χ3v) is 4.95. The Morgan fingerprint density at radius 1 is 1.33 bits per heavy atom. The van der Waals surface area contributed by atoms with Crippen molar-refractivity contribution < 1.29 is 12.8 Å². The van der Waals surface area contributed by atoms with Gasteiger partial charge in [0.05, 0.1) is 5.25 Å². The first-order valence-corrected chi connectivity index (χ1v) is 7.42. The van der Waals surface area contributed by atoms with Gasteiger partial charge in [0.25, 0.3) is 0 Å². The molecule has 0 aliphatic rings. The highest BCUT2D eigenvalue weighted by atomic mass is 32.2. The topological polar surface area (TPSA) is 72.2 Å². The lowest BCUT2D eigenvalue weighted by Crippen LogP contribution is -2.39. The molecule has 102 valence electrons. The van der Waals surface area contributed by atoms with Gasteiger partial charge in [0.2, 0.25) is 10.0 Å². The van der Waals surface area contributed by atoms with Gasteiger partial charge in [0, 0.05) is 12.6 Å². The van der Waals surface area contributed by atoms with Crippen molar-refractivity contribution in [3.63, 3.8) is 0 Å². The largest absolute Gasteiger partial charge is 0.329 e. The quantitative estimate of drug-likeness (QED) is 0.826. The van der Waals surface area contributed by atoms with E-state index in [1.54, 1.807) is 26.0 Å². The number of nitrogens with two attached hydrogens (primary N) is 1. The first-order valence-electron chi connectivity index (χ1n) is 5.87. The molecule has 1 rings (SSSR count). The Kier molecular flexibility index (Phi) is 5.25. The number of hydrogen-bond donors (Lipinski definition) is 2. The molecule has 0 amide bonds. The van der Waals surface area contributed by atoms with Crippen molar-refractivity contribution in [2.45, 2.75) is 31.6 Å². The van der Waals surface area contributed by atoms with Crippen LogP contribution in [0.2, 0.25) is 0 Å². The van der Waals surface area contributed by atoms with Gasteiger partial charge in [0.1, 0.15) is 5.82 Å². The molecule has 0 aromatic heterocycles. The molecule has 1 aromatic carbocycles. The van der Waals surface area contributed by atoms with Gasteiger partial charge in [-0.15, -0.1) is 0 Å². The second-order valence-electron chi connectivity index (χ2n) is 4.20. The smallest absolute Gasteiger partial charge is 0.216 e. The summed E-state index contributed by atoms with van der Waals surface area (Å²) < 4.78 is 39.3. The molecule has 0 spiro atoms. The van der Waals surface area contributed by atoms with Crippen LogP contribution in [0.4, 0.5) is 4.39 Å². The monoisotopic (exact) mass is 274 g/mol. The summed E-state index contributed by atoms with van der Waals surface area (Å²) in [6, 6.07) is 5.33. The number of benzene rings is 1. The molecule has 1 aromatic rings. The van der Waals surface area contributed by atoms with E-state index in [-0.39, 0.29) is 12.4 Å². The van der Waals surface area contributed by atoms with Crippen molar-refractivity contribution in [2.24, 2.45) is 5.73 Å². The molecule has 2 atom stereocenters. The van der Waals surface area contributed by atoms with Crippen LogP contribution >= 0.6 is 0 Å². The van der Waals surface area contributed by atoms with E-state index >= 15 is 0 Å². The summed E-state index contributed by atoms with van der Waals surface area (Å²) in [4.78, 5) is 0. The maximum atomic E-state index is 12.8. The Hall–Kier alpha value is -0.980. The molecule has 18 heavy (non-hydrogen) atoms. The number of hydrogen-bond acceptors (Lipinski definition) is 3. The zero-order valence-corrected chi connectivity index (χ0v) is 11.4. The van der Waals surface area contributed by atoms with Crippen LogP contribution in [0.3, 0.4) is 0 Å². The predicted octanol–water partition coefficient (Wildman–Crippen LogP) is 1.54. The summed E-state index contributed by atoms with van der Waals surface area (Å²) >= 11 is 0. The van der Waals surface area contributed by atoms with E-state index in [0.717, 1.165) is 0 Å². The van der Waals surface area contributed by atoms with Gasteiger partial charge in [-0.05, 0) is 31.0 Å². The Balaban J connectivity index is 2.81. The van der Waals surface area contributed by atoms with Crippen molar-refractivity contribution in [3.05, 3.63) is 35.6 Å². The summed E-state index contributed by atoms with van der Waals surface area (Å²) in [5, 5.41) is -0.597. The Morgan fingerprint density at radius 3 is 2.33 bits per heavy atom. The van der Waals surface area contributed by atoms with Gasteiger partial charge in [-0.3, -0.25) is 0 Å². The number of halogens is 1. The highest BCUT2D eigenvalue weighted by Crippen LogP contribution is 2.15. The minimum Gasteiger partial charge on any atom is -0.329 e. The maximum absolute atomic E-state index is 12.8. The van der Waals surface area contributed by atoms with Crippen molar-refractivity contribution in [1.82, 2.24) is 4.72 Å². The van der Waals surface area contributed by atoms with E-state index in [4.69, 9.17) is 5.73 Å². The van der Waals surface area contributed by atoms with Crippen LogP contribution in [0.25, 0.3) is 0 Å². The SMILES string of the molecule is CCC(CN)S(=O)(=O)NC(C)c1ccc(F)cc1. The third kappa shape index (κ3) is 3.76. The molecule has 0 saturated heterocycles. The molecule has 0 aliphatic heterocycles. The second kappa shape index (κ2) is 6.26. The molecule has 0 aliphatic carbocycles. The second-order valence-corrected chi connectivity index (χ2v) is 6.19. The molecule has 0 saturated carbocycles. The average molecular weight is 274 g/mol. The Morgan fingerprint density at radius 2 is 1.89 bits per heavy atom. The lowest BCUT2D eigenvalue weighted by molar-refractivity contribution is 0.547. The molecular weight excluding hydrogens is 255 g/mol. The summed E-state index contributed by atoms with van der Waals surface area (Å²) in [5.74, 6) is -0.345. The van der Waals surface area contributed by atoms with Crippen LogP contribution < -0.4 is 10.5 Å². The van der Waals surface area contributed by atoms with Gasteiger partial charge < -0.3 is 5.73 Å². The van der Waals surface area contributed by atoms with Gasteiger partial charge in [-0.2, -0.15) is 0 Å². The van der Waals surface area contributed by atoms with Gasteiger partial charge in [-0.1, -0.05) is 19.1 Å². The lowest BCUT2D eigenvalue weighted by Gasteiger charge is -2.19. The average Bonchev–Trinajstić information content (AvgIpc) is 2.30. The highest BCUT2D eigenvalue weighted by Gasteiger charge is 2.24. The minimum atomic E-state index is -3.45. The first kappa shape index (κ1) is 15.1. The van der Waals surface area contributed by atoms with E-state index in [1.165, 1.54) is 12.1 Å². The van der Waals surface area contributed by atoms with Crippen LogP contribution in [0, 0.1) is 5.82 Å².